The van der Waals surface area contributed by atoms with Gasteiger partial charge in [-0.1, -0.05) is 54.1 Å². The van der Waals surface area contributed by atoms with Gasteiger partial charge in [-0.05, 0) is 56.2 Å². The highest BCUT2D eigenvalue weighted by atomic mass is 35.5. The van der Waals surface area contributed by atoms with Gasteiger partial charge in [0.15, 0.2) is 0 Å². The number of allylic oxidation sites excluding steroid dienone is 2. The predicted molar refractivity (Wildman–Crippen MR) is 138 cm³/mol. The molecule has 34 heavy (non-hydrogen) atoms. The number of carbonyl (C=O) groups excluding carboxylic acids is 2. The first kappa shape index (κ1) is 25.9. The number of benzene rings is 2. The number of thioether (sulfide) groups is 1. The lowest BCUT2D eigenvalue weighted by molar-refractivity contribution is -0.139. The van der Waals surface area contributed by atoms with Crippen molar-refractivity contribution < 1.29 is 19.1 Å². The molecule has 0 bridgehead atoms. The number of esters is 2. The molecular weight excluding hydrogens is 470 g/mol. The molecule has 0 aliphatic carbocycles. The topological polar surface area (TPSA) is 64.6 Å². The predicted octanol–water partition coefficient (Wildman–Crippen LogP) is 6.18. The maximum Gasteiger partial charge on any atom is 0.336 e. The Labute approximate surface area is 210 Å². The average molecular weight is 500 g/mol. The fraction of sp³-hybridized carbons (Fsp3) is 0.333. The molecule has 1 aliphatic heterocycles. The molecular formula is C27H30ClNO4S. The number of carbonyl (C=O) groups is 2. The molecule has 0 spiro atoms. The highest BCUT2D eigenvalue weighted by Crippen LogP contribution is 2.42. The molecule has 0 fully saturated rings. The first-order valence-electron chi connectivity index (χ1n) is 11.2. The van der Waals surface area contributed by atoms with Gasteiger partial charge in [0, 0.05) is 21.7 Å². The van der Waals surface area contributed by atoms with Crippen molar-refractivity contribution >= 4 is 35.3 Å². The third kappa shape index (κ3) is 5.86. The molecule has 7 heteroatoms. The summed E-state index contributed by atoms with van der Waals surface area (Å²) in [4.78, 5) is 26.1. The molecule has 2 unspecified atom stereocenters. The van der Waals surface area contributed by atoms with Gasteiger partial charge >= 0.3 is 11.9 Å². The van der Waals surface area contributed by atoms with Crippen molar-refractivity contribution in [1.29, 1.82) is 0 Å². The van der Waals surface area contributed by atoms with Gasteiger partial charge in [-0.15, -0.1) is 0 Å². The summed E-state index contributed by atoms with van der Waals surface area (Å²) in [5.41, 5.74) is 4.17. The Morgan fingerprint density at radius 1 is 1.09 bits per heavy atom. The normalized spacial score (nSPS) is 16.7. The molecule has 2 aromatic carbocycles. The fourth-order valence-electron chi connectivity index (χ4n) is 4.31. The zero-order valence-corrected chi connectivity index (χ0v) is 21.5. The van der Waals surface area contributed by atoms with E-state index in [1.807, 2.05) is 37.3 Å². The van der Waals surface area contributed by atoms with Crippen LogP contribution in [0.2, 0.25) is 5.02 Å². The van der Waals surface area contributed by atoms with Crippen LogP contribution in [0.25, 0.3) is 0 Å². The van der Waals surface area contributed by atoms with Crippen molar-refractivity contribution in [3.05, 3.63) is 93.3 Å². The van der Waals surface area contributed by atoms with Gasteiger partial charge in [-0.25, -0.2) is 9.59 Å². The Morgan fingerprint density at radius 2 is 1.82 bits per heavy atom. The van der Waals surface area contributed by atoms with Gasteiger partial charge in [-0.2, -0.15) is 11.8 Å². The Hall–Kier alpha value is -2.70. The molecule has 0 amide bonds. The van der Waals surface area contributed by atoms with Gasteiger partial charge in [0.2, 0.25) is 0 Å². The minimum absolute atomic E-state index is 0.231. The van der Waals surface area contributed by atoms with E-state index < -0.39 is 17.9 Å². The Kier molecular flexibility index (Phi) is 9.25. The summed E-state index contributed by atoms with van der Waals surface area (Å²) in [5.74, 6) is -1.60. The number of hydrogen-bond donors (Lipinski definition) is 1. The number of ether oxygens (including phenoxy) is 2. The number of halogens is 1. The van der Waals surface area contributed by atoms with Crippen molar-refractivity contribution in [3.8, 4) is 0 Å². The second-order valence-electron chi connectivity index (χ2n) is 7.93. The molecule has 0 saturated heterocycles. The summed E-state index contributed by atoms with van der Waals surface area (Å²) < 4.78 is 10.5. The molecule has 0 radical (unpaired) electrons. The zero-order valence-electron chi connectivity index (χ0n) is 19.9. The summed E-state index contributed by atoms with van der Waals surface area (Å²) in [6.45, 7) is 3.82. The van der Waals surface area contributed by atoms with E-state index in [1.54, 1.807) is 30.8 Å². The van der Waals surface area contributed by atoms with E-state index >= 15 is 0 Å². The molecule has 1 heterocycles. The van der Waals surface area contributed by atoms with Crippen LogP contribution in [0.4, 0.5) is 0 Å². The molecule has 5 nitrogen and oxygen atoms in total. The molecule has 3 rings (SSSR count). The highest BCUT2D eigenvalue weighted by molar-refractivity contribution is 7.98. The van der Waals surface area contributed by atoms with E-state index in [1.165, 1.54) is 12.7 Å². The molecule has 180 valence electrons. The second kappa shape index (κ2) is 12.1. The lowest BCUT2D eigenvalue weighted by Crippen LogP contribution is -2.33. The molecule has 1 N–H and O–H groups in total. The van der Waals surface area contributed by atoms with Crippen molar-refractivity contribution in [2.45, 2.75) is 37.9 Å². The maximum absolute atomic E-state index is 13.1. The van der Waals surface area contributed by atoms with Gasteiger partial charge in [0.25, 0.3) is 0 Å². The Morgan fingerprint density at radius 3 is 2.44 bits per heavy atom. The third-order valence-electron chi connectivity index (χ3n) is 5.84. The lowest BCUT2D eigenvalue weighted by Gasteiger charge is -2.32. The summed E-state index contributed by atoms with van der Waals surface area (Å²) in [6.07, 6.45) is 3.49. The van der Waals surface area contributed by atoms with Crippen LogP contribution in [-0.4, -0.2) is 31.9 Å². The molecule has 2 aromatic rings. The number of nitrogens with one attached hydrogen (secondary N) is 1. The van der Waals surface area contributed by atoms with E-state index in [9.17, 15) is 9.59 Å². The van der Waals surface area contributed by atoms with Gasteiger partial charge < -0.3 is 14.8 Å². The molecule has 2 atom stereocenters. The Bertz CT molecular complexity index is 1100. The summed E-state index contributed by atoms with van der Waals surface area (Å²) in [7, 11) is 1.35. The summed E-state index contributed by atoms with van der Waals surface area (Å²) in [5, 5.41) is 4.11. The van der Waals surface area contributed by atoms with Crippen LogP contribution in [-0.2, 0) is 19.1 Å². The quantitative estimate of drug-likeness (QED) is 0.416. The first-order chi connectivity index (χ1) is 16.4. The summed E-state index contributed by atoms with van der Waals surface area (Å²) >= 11 is 8.06. The second-order valence-corrected chi connectivity index (χ2v) is 9.41. The van der Waals surface area contributed by atoms with Gasteiger partial charge in [0.05, 0.1) is 30.8 Å². The van der Waals surface area contributed by atoms with Crippen LogP contribution in [0, 0.1) is 0 Å². The van der Waals surface area contributed by atoms with Crippen molar-refractivity contribution in [2.75, 3.05) is 20.0 Å². The van der Waals surface area contributed by atoms with Crippen LogP contribution >= 0.6 is 23.4 Å². The van der Waals surface area contributed by atoms with E-state index in [0.717, 1.165) is 17.7 Å². The monoisotopic (exact) mass is 499 g/mol. The average Bonchev–Trinajstić information content (AvgIpc) is 2.84. The first-order valence-corrected chi connectivity index (χ1v) is 12.9. The van der Waals surface area contributed by atoms with E-state index in [-0.39, 0.29) is 11.9 Å². The van der Waals surface area contributed by atoms with Crippen LogP contribution in [0.1, 0.15) is 49.0 Å². The zero-order chi connectivity index (χ0) is 24.7. The molecule has 0 saturated carbocycles. The van der Waals surface area contributed by atoms with Crippen LogP contribution in [0.15, 0.2) is 77.1 Å². The minimum atomic E-state index is -0.647. The number of hydrogen-bond acceptors (Lipinski definition) is 6. The number of methoxy groups -OCH3 is 1. The molecule has 1 aliphatic rings. The maximum atomic E-state index is 13.1. The van der Waals surface area contributed by atoms with Crippen molar-refractivity contribution in [2.24, 2.45) is 0 Å². The van der Waals surface area contributed by atoms with Crippen molar-refractivity contribution in [1.82, 2.24) is 5.32 Å². The van der Waals surface area contributed by atoms with E-state index in [0.29, 0.717) is 28.3 Å². The van der Waals surface area contributed by atoms with Gasteiger partial charge in [0.1, 0.15) is 0 Å². The van der Waals surface area contributed by atoms with Crippen molar-refractivity contribution in [3.63, 3.8) is 0 Å². The van der Waals surface area contributed by atoms with E-state index in [2.05, 4.69) is 23.7 Å². The van der Waals surface area contributed by atoms with Crippen LogP contribution < -0.4 is 5.32 Å². The fourth-order valence-corrected chi connectivity index (χ4v) is 5.29. The number of dihydropyridines is 1. The SMILES string of the molecule is CCOC(=O)C1=C(C)NC(CCC(SC)c2ccccc2)=C(C(=O)OC)C1c1cccc(Cl)c1. The lowest BCUT2D eigenvalue weighted by atomic mass is 9.79. The Balaban J connectivity index is 2.08. The molecule has 0 aromatic heterocycles. The summed E-state index contributed by atoms with van der Waals surface area (Å²) in [6, 6.07) is 17.5. The smallest absolute Gasteiger partial charge is 0.336 e. The highest BCUT2D eigenvalue weighted by Gasteiger charge is 2.38. The van der Waals surface area contributed by atoms with Crippen LogP contribution in [0.5, 0.6) is 0 Å². The minimum Gasteiger partial charge on any atom is -0.466 e. The standard InChI is InChI=1S/C27H30ClNO4S/c1-5-33-27(31)23-17(2)29-21(14-15-22(34-4)18-10-7-6-8-11-18)25(26(30)32-3)24(23)19-12-9-13-20(28)16-19/h6-13,16,22,24,29H,5,14-15H2,1-4H3. The third-order valence-corrected chi connectivity index (χ3v) is 7.15. The van der Waals surface area contributed by atoms with E-state index in [4.69, 9.17) is 21.1 Å². The van der Waals surface area contributed by atoms with Gasteiger partial charge in [-0.3, -0.25) is 0 Å². The van der Waals surface area contributed by atoms with Crippen LogP contribution in [0.3, 0.4) is 0 Å². The number of rotatable bonds is 9. The largest absolute Gasteiger partial charge is 0.466 e.